The Kier molecular flexibility index (Phi) is 5.30. The molecule has 2 atom stereocenters. The highest BCUT2D eigenvalue weighted by atomic mass is 16.5. The molecule has 29 heavy (non-hydrogen) atoms. The number of anilines is 1. The second-order valence-electron chi connectivity index (χ2n) is 7.32. The van der Waals surface area contributed by atoms with Gasteiger partial charge in [0.1, 0.15) is 11.5 Å². The third kappa shape index (κ3) is 4.14. The highest BCUT2D eigenvalue weighted by molar-refractivity contribution is 5.96. The highest BCUT2D eigenvalue weighted by Gasteiger charge is 2.34. The fraction of sp³-hybridized carbons (Fsp3) is 0.261. The van der Waals surface area contributed by atoms with Crippen LogP contribution in [-0.2, 0) is 11.3 Å². The van der Waals surface area contributed by atoms with Crippen LogP contribution in [0, 0.1) is 23.2 Å². The van der Waals surface area contributed by atoms with Gasteiger partial charge in [-0.25, -0.2) is 4.98 Å². The molecule has 0 bridgehead atoms. The van der Waals surface area contributed by atoms with Gasteiger partial charge in [-0.2, -0.15) is 5.26 Å². The number of piperidine rings is 1. The number of benzene rings is 2. The van der Waals surface area contributed by atoms with Crippen molar-refractivity contribution < 1.29 is 9.53 Å². The van der Waals surface area contributed by atoms with Crippen LogP contribution in [0.15, 0.2) is 67.3 Å². The van der Waals surface area contributed by atoms with E-state index in [4.69, 9.17) is 10.00 Å². The van der Waals surface area contributed by atoms with Crippen LogP contribution < -0.4 is 9.64 Å². The van der Waals surface area contributed by atoms with Crippen molar-refractivity contribution in [3.63, 3.8) is 0 Å². The Morgan fingerprint density at radius 3 is 2.76 bits per heavy atom. The molecule has 2 aromatic carbocycles. The van der Waals surface area contributed by atoms with Crippen molar-refractivity contribution in [2.24, 2.45) is 11.8 Å². The van der Waals surface area contributed by atoms with Crippen LogP contribution in [0.2, 0.25) is 0 Å². The van der Waals surface area contributed by atoms with Crippen molar-refractivity contribution in [2.75, 3.05) is 11.4 Å². The van der Waals surface area contributed by atoms with Crippen molar-refractivity contribution in [1.29, 1.82) is 5.26 Å². The zero-order chi connectivity index (χ0) is 20.2. The number of nitriles is 1. The van der Waals surface area contributed by atoms with Crippen LogP contribution in [0.4, 0.5) is 5.69 Å². The predicted octanol–water partition coefficient (Wildman–Crippen LogP) is 4.24. The second-order valence-corrected chi connectivity index (χ2v) is 7.32. The van der Waals surface area contributed by atoms with Gasteiger partial charge in [0.15, 0.2) is 0 Å². The van der Waals surface area contributed by atoms with E-state index in [9.17, 15) is 4.79 Å². The van der Waals surface area contributed by atoms with Gasteiger partial charge in [-0.1, -0.05) is 13.0 Å². The predicted molar refractivity (Wildman–Crippen MR) is 110 cm³/mol. The van der Waals surface area contributed by atoms with Crippen molar-refractivity contribution in [2.45, 2.75) is 19.9 Å². The number of aromatic nitrogens is 2. The molecule has 1 amide bonds. The van der Waals surface area contributed by atoms with Gasteiger partial charge in [-0.3, -0.25) is 4.79 Å². The number of imidazole rings is 1. The first-order chi connectivity index (χ1) is 14.1. The van der Waals surface area contributed by atoms with Crippen molar-refractivity contribution >= 4 is 11.6 Å². The molecule has 6 heteroatoms. The number of hydrogen-bond donors (Lipinski definition) is 0. The molecule has 0 radical (unpaired) electrons. The molecule has 1 fully saturated rings. The van der Waals surface area contributed by atoms with Crippen LogP contribution in [0.3, 0.4) is 0 Å². The van der Waals surface area contributed by atoms with E-state index < -0.39 is 0 Å². The summed E-state index contributed by atoms with van der Waals surface area (Å²) >= 11 is 0. The largest absolute Gasteiger partial charge is 0.457 e. The van der Waals surface area contributed by atoms with E-state index >= 15 is 0 Å². The van der Waals surface area contributed by atoms with E-state index in [1.807, 2.05) is 46.9 Å². The summed E-state index contributed by atoms with van der Waals surface area (Å²) in [4.78, 5) is 19.0. The van der Waals surface area contributed by atoms with Gasteiger partial charge in [0.25, 0.3) is 0 Å². The molecule has 2 heterocycles. The Morgan fingerprint density at radius 1 is 1.21 bits per heavy atom. The van der Waals surface area contributed by atoms with Crippen molar-refractivity contribution in [3.05, 3.63) is 72.8 Å². The molecule has 1 saturated heterocycles. The average Bonchev–Trinajstić information content (AvgIpc) is 3.25. The third-order valence-electron chi connectivity index (χ3n) is 5.44. The van der Waals surface area contributed by atoms with Crippen LogP contribution >= 0.6 is 0 Å². The van der Waals surface area contributed by atoms with Gasteiger partial charge in [0.05, 0.1) is 18.0 Å². The molecule has 1 aliphatic rings. The molecule has 146 valence electrons. The second kappa shape index (κ2) is 8.19. The number of nitrogens with zero attached hydrogens (tertiary/aromatic N) is 4. The van der Waals surface area contributed by atoms with E-state index in [-0.39, 0.29) is 11.8 Å². The first-order valence-electron chi connectivity index (χ1n) is 9.69. The van der Waals surface area contributed by atoms with E-state index in [0.29, 0.717) is 29.5 Å². The summed E-state index contributed by atoms with van der Waals surface area (Å²) in [6, 6.07) is 16.6. The number of carbonyl (C=O) groups is 1. The Bertz CT molecular complexity index is 1020. The number of amides is 1. The van der Waals surface area contributed by atoms with E-state index in [2.05, 4.69) is 11.1 Å². The number of ether oxygens (including phenoxy) is 1. The third-order valence-corrected chi connectivity index (χ3v) is 5.44. The standard InChI is InChI=1S/C23H22N4O2/c1-17-19(15-26-12-10-25-16-26)9-11-27(23(17)28)20-3-2-4-22(13-20)29-21-7-5-18(14-24)6-8-21/h2-8,10,12-13,16-17,19H,9,11,15H2,1H3. The molecule has 3 aromatic rings. The Labute approximate surface area is 170 Å². The normalized spacial score (nSPS) is 19.0. The molecular weight excluding hydrogens is 364 g/mol. The molecule has 6 nitrogen and oxygen atoms in total. The van der Waals surface area contributed by atoms with Crippen molar-refractivity contribution in [1.82, 2.24) is 9.55 Å². The maximum Gasteiger partial charge on any atom is 0.230 e. The monoisotopic (exact) mass is 386 g/mol. The first-order valence-corrected chi connectivity index (χ1v) is 9.69. The summed E-state index contributed by atoms with van der Waals surface area (Å²) in [6.45, 7) is 3.50. The maximum atomic E-state index is 13.0. The molecule has 1 aromatic heterocycles. The summed E-state index contributed by atoms with van der Waals surface area (Å²) in [5, 5.41) is 8.90. The lowest BCUT2D eigenvalue weighted by Crippen LogP contribution is -2.45. The summed E-state index contributed by atoms with van der Waals surface area (Å²) in [7, 11) is 0. The lowest BCUT2D eigenvalue weighted by Gasteiger charge is -2.36. The fourth-order valence-electron chi connectivity index (χ4n) is 3.72. The SMILES string of the molecule is CC1C(=O)N(c2cccc(Oc3ccc(C#N)cc3)c2)CCC1Cn1ccnc1. The Hall–Kier alpha value is -3.59. The topological polar surface area (TPSA) is 71.2 Å². The maximum absolute atomic E-state index is 13.0. The lowest BCUT2D eigenvalue weighted by molar-refractivity contribution is -0.125. The summed E-state index contributed by atoms with van der Waals surface area (Å²) < 4.78 is 7.94. The van der Waals surface area contributed by atoms with Gasteiger partial charge in [-0.05, 0) is 48.7 Å². The minimum atomic E-state index is -0.0609. The molecular formula is C23H22N4O2. The van der Waals surface area contributed by atoms with Crippen molar-refractivity contribution in [3.8, 4) is 17.6 Å². The molecule has 0 N–H and O–H groups in total. The van der Waals surface area contributed by atoms with E-state index in [1.165, 1.54) is 0 Å². The Balaban J connectivity index is 1.46. The van der Waals surface area contributed by atoms with Crippen LogP contribution in [0.25, 0.3) is 0 Å². The smallest absolute Gasteiger partial charge is 0.230 e. The van der Waals surface area contributed by atoms with E-state index in [0.717, 1.165) is 18.7 Å². The molecule has 2 unspecified atom stereocenters. The summed E-state index contributed by atoms with van der Waals surface area (Å²) in [5.74, 6) is 1.69. The van der Waals surface area contributed by atoms with Gasteiger partial charge < -0.3 is 14.2 Å². The lowest BCUT2D eigenvalue weighted by atomic mass is 9.85. The zero-order valence-electron chi connectivity index (χ0n) is 16.2. The van der Waals surface area contributed by atoms with E-state index in [1.54, 1.807) is 36.8 Å². The van der Waals surface area contributed by atoms with Gasteiger partial charge in [-0.15, -0.1) is 0 Å². The minimum absolute atomic E-state index is 0.0609. The number of hydrogen-bond acceptors (Lipinski definition) is 4. The quantitative estimate of drug-likeness (QED) is 0.658. The average molecular weight is 386 g/mol. The first kappa shape index (κ1) is 18.8. The number of rotatable bonds is 5. The van der Waals surface area contributed by atoms with Gasteiger partial charge in [0, 0.05) is 43.2 Å². The van der Waals surface area contributed by atoms with Crippen LogP contribution in [0.5, 0.6) is 11.5 Å². The van der Waals surface area contributed by atoms with Gasteiger partial charge in [0.2, 0.25) is 5.91 Å². The zero-order valence-corrected chi connectivity index (χ0v) is 16.2. The number of carbonyl (C=O) groups excluding carboxylic acids is 1. The Morgan fingerprint density at radius 2 is 2.03 bits per heavy atom. The molecule has 0 aliphatic carbocycles. The fourth-order valence-corrected chi connectivity index (χ4v) is 3.72. The minimum Gasteiger partial charge on any atom is -0.457 e. The van der Waals surface area contributed by atoms with Crippen LogP contribution in [-0.4, -0.2) is 22.0 Å². The molecule has 4 rings (SSSR count). The van der Waals surface area contributed by atoms with Gasteiger partial charge >= 0.3 is 0 Å². The molecule has 0 saturated carbocycles. The highest BCUT2D eigenvalue weighted by Crippen LogP contribution is 2.32. The summed E-state index contributed by atoms with van der Waals surface area (Å²) in [5.41, 5.74) is 1.43. The molecule has 0 spiro atoms. The van der Waals surface area contributed by atoms with Crippen LogP contribution in [0.1, 0.15) is 18.9 Å². The molecule has 1 aliphatic heterocycles. The summed E-state index contributed by atoms with van der Waals surface area (Å²) in [6.07, 6.45) is 6.44.